The Hall–Kier alpha value is -2.89. The van der Waals surface area contributed by atoms with Crippen LogP contribution in [0.5, 0.6) is 0 Å². The van der Waals surface area contributed by atoms with Gasteiger partial charge in [-0.2, -0.15) is 0 Å². The molecule has 1 rings (SSSR count). The lowest BCUT2D eigenvalue weighted by molar-refractivity contribution is -0.144. The lowest BCUT2D eigenvalue weighted by Crippen LogP contribution is -2.51. The minimum Gasteiger partial charge on any atom is -0.480 e. The third-order valence-electron chi connectivity index (χ3n) is 4.88. The molecule has 0 radical (unpaired) electrons. The second-order valence-electron chi connectivity index (χ2n) is 6.65. The fourth-order valence-corrected chi connectivity index (χ4v) is 3.03. The minimum absolute atomic E-state index is 0.0122. The highest BCUT2D eigenvalue weighted by molar-refractivity contribution is 5.78. The van der Waals surface area contributed by atoms with Gasteiger partial charge in [0, 0.05) is 65.8 Å². The van der Waals surface area contributed by atoms with Crippen molar-refractivity contribution in [2.45, 2.75) is 32.7 Å². The van der Waals surface area contributed by atoms with E-state index in [9.17, 15) is 34.2 Å². The first-order valence-corrected chi connectivity index (χ1v) is 10.4. The minimum atomic E-state index is -1.17. The van der Waals surface area contributed by atoms with Crippen molar-refractivity contribution < 1.29 is 34.2 Å². The van der Waals surface area contributed by atoms with Crippen LogP contribution in [0.3, 0.4) is 0 Å². The summed E-state index contributed by atoms with van der Waals surface area (Å²) < 4.78 is 0. The van der Waals surface area contributed by atoms with Gasteiger partial charge in [-0.1, -0.05) is 13.8 Å². The van der Waals surface area contributed by atoms with Gasteiger partial charge in [0.2, 0.25) is 18.7 Å². The zero-order chi connectivity index (χ0) is 23.8. The maximum atomic E-state index is 11.8. The first-order chi connectivity index (χ1) is 14.8. The van der Waals surface area contributed by atoms with Crippen LogP contribution in [0.1, 0.15) is 26.7 Å². The van der Waals surface area contributed by atoms with Gasteiger partial charge in [-0.05, 0) is 6.42 Å². The Kier molecular flexibility index (Phi) is 14.4. The van der Waals surface area contributed by atoms with Gasteiger partial charge < -0.3 is 30.2 Å². The number of hydrogen-bond donors (Lipinski definition) is 3. The number of carboxylic acid groups (broad SMARTS) is 2. The van der Waals surface area contributed by atoms with Crippen molar-refractivity contribution >= 4 is 30.8 Å². The third kappa shape index (κ3) is 10.6. The van der Waals surface area contributed by atoms with Gasteiger partial charge >= 0.3 is 12.1 Å². The first-order valence-electron chi connectivity index (χ1n) is 10.4. The molecule has 1 aliphatic rings. The first kappa shape index (κ1) is 28.1. The lowest BCUT2D eigenvalue weighted by atomic mass is 10.1. The number of carboxylic acids is 1. The third-order valence-corrected chi connectivity index (χ3v) is 4.88. The number of hydrogen-bond acceptors (Lipinski definition) is 6. The van der Waals surface area contributed by atoms with Gasteiger partial charge in [0.15, 0.2) is 0 Å². The number of carbonyl (C=O) groups is 5. The summed E-state index contributed by atoms with van der Waals surface area (Å²) >= 11 is 0. The van der Waals surface area contributed by atoms with Crippen LogP contribution in [0.4, 0.5) is 4.79 Å². The van der Waals surface area contributed by atoms with E-state index in [0.717, 1.165) is 4.90 Å². The molecule has 0 aromatic carbocycles. The predicted molar refractivity (Wildman–Crippen MR) is 113 cm³/mol. The highest BCUT2D eigenvalue weighted by Gasteiger charge is 2.28. The smallest absolute Gasteiger partial charge is 0.407 e. The van der Waals surface area contributed by atoms with Crippen LogP contribution in [0.15, 0.2) is 0 Å². The summed E-state index contributed by atoms with van der Waals surface area (Å²) in [6.07, 6.45) is 0.150. The van der Waals surface area contributed by atoms with Crippen LogP contribution in [0.2, 0.25) is 0 Å². The molecule has 0 bridgehead atoms. The second-order valence-corrected chi connectivity index (χ2v) is 6.65. The van der Waals surface area contributed by atoms with Crippen molar-refractivity contribution in [3.05, 3.63) is 0 Å². The van der Waals surface area contributed by atoms with E-state index in [-0.39, 0.29) is 71.1 Å². The number of amides is 4. The largest absolute Gasteiger partial charge is 0.480 e. The molecule has 0 saturated carbocycles. The monoisotopic (exact) mass is 445 g/mol. The molecule has 1 aliphatic heterocycles. The molecule has 0 aromatic heterocycles. The molecule has 178 valence electrons. The molecule has 12 heteroatoms. The van der Waals surface area contributed by atoms with Crippen LogP contribution >= 0.6 is 0 Å². The van der Waals surface area contributed by atoms with E-state index in [4.69, 9.17) is 0 Å². The van der Waals surface area contributed by atoms with Crippen LogP contribution < -0.4 is 5.32 Å². The zero-order valence-corrected chi connectivity index (χ0v) is 18.5. The Bertz CT molecular complexity index is 590. The Balaban J connectivity index is 0.00000436. The van der Waals surface area contributed by atoms with Gasteiger partial charge in [-0.15, -0.1) is 0 Å². The molecule has 0 aliphatic carbocycles. The summed E-state index contributed by atoms with van der Waals surface area (Å²) in [5.41, 5.74) is 0. The SMILES string of the molecule is CC.CNC(=O)CCC(C(=O)O)N1CCN(C=O)CCN(C=O)CCN(C(=O)O)CC1. The van der Waals surface area contributed by atoms with Crippen LogP contribution in [0.25, 0.3) is 0 Å². The number of rotatable bonds is 7. The standard InChI is InChI=1S/C17H29N5O7.C2H6/c1-18-15(25)3-2-14(16(26)27)21-8-6-19(12-23)4-5-20(13-24)7-9-22(11-10-21)17(28)29;1-2/h12-14H,2-11H2,1H3,(H,18,25)(H,26,27)(H,28,29);1-2H3. The van der Waals surface area contributed by atoms with Crippen molar-refractivity contribution in [1.82, 2.24) is 24.9 Å². The zero-order valence-electron chi connectivity index (χ0n) is 18.5. The highest BCUT2D eigenvalue weighted by atomic mass is 16.4. The average molecular weight is 446 g/mol. The van der Waals surface area contributed by atoms with Crippen LogP contribution in [-0.4, -0.2) is 126 Å². The molecule has 1 fully saturated rings. The van der Waals surface area contributed by atoms with Crippen molar-refractivity contribution in [2.75, 3.05) is 59.4 Å². The van der Waals surface area contributed by atoms with E-state index < -0.39 is 18.1 Å². The quantitative estimate of drug-likeness (QED) is 0.431. The Labute approximate surface area is 182 Å². The number of nitrogens with one attached hydrogen (secondary N) is 1. The number of nitrogens with zero attached hydrogens (tertiary/aromatic N) is 4. The summed E-state index contributed by atoms with van der Waals surface area (Å²) in [7, 11) is 1.46. The molecule has 0 aromatic rings. The summed E-state index contributed by atoms with van der Waals surface area (Å²) in [6, 6.07) is -0.995. The Morgan fingerprint density at radius 3 is 1.77 bits per heavy atom. The van der Waals surface area contributed by atoms with Gasteiger partial charge in [-0.25, -0.2) is 4.79 Å². The normalized spacial score (nSPS) is 17.2. The van der Waals surface area contributed by atoms with E-state index >= 15 is 0 Å². The van der Waals surface area contributed by atoms with E-state index in [1.807, 2.05) is 13.8 Å². The summed E-state index contributed by atoms with van der Waals surface area (Å²) in [6.45, 7) is 5.29. The fraction of sp³-hybridized carbons (Fsp3) is 0.737. The molecule has 1 unspecified atom stereocenters. The van der Waals surface area contributed by atoms with E-state index in [0.29, 0.717) is 12.8 Å². The maximum absolute atomic E-state index is 11.8. The average Bonchev–Trinajstić information content (AvgIpc) is 2.76. The molecule has 12 nitrogen and oxygen atoms in total. The summed E-state index contributed by atoms with van der Waals surface area (Å²) in [5.74, 6) is -1.41. The number of aliphatic carboxylic acids is 1. The molecule has 1 saturated heterocycles. The Morgan fingerprint density at radius 1 is 0.871 bits per heavy atom. The maximum Gasteiger partial charge on any atom is 0.407 e. The van der Waals surface area contributed by atoms with Gasteiger partial charge in [0.05, 0.1) is 0 Å². The van der Waals surface area contributed by atoms with Crippen LogP contribution in [0, 0.1) is 0 Å². The van der Waals surface area contributed by atoms with Crippen molar-refractivity contribution in [2.24, 2.45) is 0 Å². The molecule has 31 heavy (non-hydrogen) atoms. The van der Waals surface area contributed by atoms with Gasteiger partial charge in [-0.3, -0.25) is 24.1 Å². The second kappa shape index (κ2) is 15.9. The van der Waals surface area contributed by atoms with Gasteiger partial charge in [0.1, 0.15) is 6.04 Å². The molecular formula is C19H35N5O7. The molecule has 0 spiro atoms. The highest BCUT2D eigenvalue weighted by Crippen LogP contribution is 2.10. The molecular weight excluding hydrogens is 410 g/mol. The van der Waals surface area contributed by atoms with E-state index in [1.54, 1.807) is 4.90 Å². The number of carbonyl (C=O) groups excluding carboxylic acids is 3. The summed E-state index contributed by atoms with van der Waals surface area (Å²) in [4.78, 5) is 62.9. The summed E-state index contributed by atoms with van der Waals surface area (Å²) in [5, 5.41) is 21.5. The van der Waals surface area contributed by atoms with Gasteiger partial charge in [0.25, 0.3) is 0 Å². The lowest BCUT2D eigenvalue weighted by Gasteiger charge is -2.34. The topological polar surface area (TPSA) is 151 Å². The van der Waals surface area contributed by atoms with Crippen molar-refractivity contribution in [3.63, 3.8) is 0 Å². The van der Waals surface area contributed by atoms with Crippen molar-refractivity contribution in [1.29, 1.82) is 0 Å². The van der Waals surface area contributed by atoms with Crippen LogP contribution in [-0.2, 0) is 19.2 Å². The molecule has 1 heterocycles. The van der Waals surface area contributed by atoms with E-state index in [2.05, 4.69) is 5.32 Å². The molecule has 3 N–H and O–H groups in total. The fourth-order valence-electron chi connectivity index (χ4n) is 3.03. The molecule has 4 amide bonds. The molecule has 1 atom stereocenters. The van der Waals surface area contributed by atoms with E-state index in [1.165, 1.54) is 16.8 Å². The Morgan fingerprint density at radius 2 is 1.32 bits per heavy atom. The van der Waals surface area contributed by atoms with Crippen molar-refractivity contribution in [3.8, 4) is 0 Å². The predicted octanol–water partition coefficient (Wildman–Crippen LogP) is -0.796.